The van der Waals surface area contributed by atoms with E-state index >= 15 is 0 Å². The highest BCUT2D eigenvalue weighted by molar-refractivity contribution is 8.01. The van der Waals surface area contributed by atoms with Crippen LogP contribution in [0, 0.1) is 6.92 Å². The Labute approximate surface area is 112 Å². The van der Waals surface area contributed by atoms with Gasteiger partial charge in [0.25, 0.3) is 0 Å². The third kappa shape index (κ3) is 2.62. The number of nitrogens with zero attached hydrogens (tertiary/aromatic N) is 2. The fraction of sp³-hybridized carbons (Fsp3) is 0.182. The van der Waals surface area contributed by atoms with Crippen LogP contribution in [0.15, 0.2) is 27.7 Å². The van der Waals surface area contributed by atoms with Gasteiger partial charge in [0.1, 0.15) is 9.90 Å². The molecular formula is C11H10N2O3S2. The Morgan fingerprint density at radius 1 is 1.56 bits per heavy atom. The second-order valence-electron chi connectivity index (χ2n) is 3.31. The first-order valence-corrected chi connectivity index (χ1v) is 6.62. The van der Waals surface area contributed by atoms with Crippen molar-refractivity contribution in [2.45, 2.75) is 16.3 Å². The molecule has 0 aliphatic heterocycles. The number of carboxylic acids is 1. The standard InChI is InChI=1S/C11H10N2O3S2/c1-6-8(10(14)15)17-11(13-6)18-9-7(16-2)4-3-5-12-9/h3-5H,1-2H3,(H,14,15). The average molecular weight is 282 g/mol. The Bertz CT molecular complexity index is 583. The number of aryl methyl sites for hydroxylation is 1. The zero-order valence-corrected chi connectivity index (χ0v) is 11.3. The summed E-state index contributed by atoms with van der Waals surface area (Å²) in [4.78, 5) is 19.6. The zero-order chi connectivity index (χ0) is 13.1. The Hall–Kier alpha value is -1.60. The highest BCUT2D eigenvalue weighted by Gasteiger charge is 2.16. The summed E-state index contributed by atoms with van der Waals surface area (Å²) in [5.41, 5.74) is 0.518. The number of carbonyl (C=O) groups is 1. The topological polar surface area (TPSA) is 72.3 Å². The van der Waals surface area contributed by atoms with Crippen molar-refractivity contribution < 1.29 is 14.6 Å². The summed E-state index contributed by atoms with van der Waals surface area (Å²) in [7, 11) is 1.57. The Balaban J connectivity index is 2.29. The monoisotopic (exact) mass is 282 g/mol. The fourth-order valence-electron chi connectivity index (χ4n) is 1.30. The molecule has 0 bridgehead atoms. The Kier molecular flexibility index (Phi) is 3.83. The first-order chi connectivity index (χ1) is 8.61. The van der Waals surface area contributed by atoms with Gasteiger partial charge in [-0.05, 0) is 30.8 Å². The molecule has 18 heavy (non-hydrogen) atoms. The molecule has 0 aliphatic carbocycles. The van der Waals surface area contributed by atoms with Crippen LogP contribution in [0.25, 0.3) is 0 Å². The van der Waals surface area contributed by atoms with E-state index in [0.717, 1.165) is 11.3 Å². The first kappa shape index (κ1) is 12.8. The minimum Gasteiger partial charge on any atom is -0.494 e. The molecule has 0 atom stereocenters. The van der Waals surface area contributed by atoms with Gasteiger partial charge in [0.2, 0.25) is 0 Å². The lowest BCUT2D eigenvalue weighted by molar-refractivity contribution is 0.0701. The lowest BCUT2D eigenvalue weighted by atomic mass is 10.4. The molecule has 0 fully saturated rings. The van der Waals surface area contributed by atoms with Crippen molar-refractivity contribution in [1.29, 1.82) is 0 Å². The normalized spacial score (nSPS) is 10.3. The minimum absolute atomic E-state index is 0.257. The molecule has 0 aromatic carbocycles. The minimum atomic E-state index is -0.954. The second-order valence-corrected chi connectivity index (χ2v) is 5.55. The van der Waals surface area contributed by atoms with Gasteiger partial charge in [0.05, 0.1) is 12.8 Å². The van der Waals surface area contributed by atoms with Gasteiger partial charge < -0.3 is 9.84 Å². The summed E-state index contributed by atoms with van der Waals surface area (Å²) in [5, 5.41) is 9.64. The van der Waals surface area contributed by atoms with E-state index in [2.05, 4.69) is 9.97 Å². The molecule has 0 unspecified atom stereocenters. The quantitative estimate of drug-likeness (QED) is 0.929. The van der Waals surface area contributed by atoms with E-state index in [-0.39, 0.29) is 4.88 Å². The molecule has 0 amide bonds. The molecule has 5 nitrogen and oxygen atoms in total. The maximum absolute atomic E-state index is 10.9. The van der Waals surface area contributed by atoms with Gasteiger partial charge in [0.15, 0.2) is 10.1 Å². The first-order valence-electron chi connectivity index (χ1n) is 4.99. The van der Waals surface area contributed by atoms with E-state index in [9.17, 15) is 4.79 Å². The van der Waals surface area contributed by atoms with E-state index < -0.39 is 5.97 Å². The number of aromatic nitrogens is 2. The lowest BCUT2D eigenvalue weighted by Crippen LogP contribution is -1.94. The molecular weight excluding hydrogens is 272 g/mol. The smallest absolute Gasteiger partial charge is 0.347 e. The summed E-state index contributed by atoms with van der Waals surface area (Å²) in [6, 6.07) is 3.58. The molecule has 0 saturated carbocycles. The Morgan fingerprint density at radius 2 is 2.33 bits per heavy atom. The van der Waals surface area contributed by atoms with Crippen LogP contribution in [-0.2, 0) is 0 Å². The molecule has 0 aliphatic rings. The number of hydrogen-bond acceptors (Lipinski definition) is 6. The van der Waals surface area contributed by atoms with Crippen LogP contribution in [-0.4, -0.2) is 28.2 Å². The molecule has 0 saturated heterocycles. The fourth-order valence-corrected chi connectivity index (χ4v) is 3.31. The van der Waals surface area contributed by atoms with Gasteiger partial charge in [0, 0.05) is 6.20 Å². The number of rotatable bonds is 4. The molecule has 7 heteroatoms. The van der Waals surface area contributed by atoms with Crippen LogP contribution in [0.3, 0.4) is 0 Å². The molecule has 2 aromatic heterocycles. The van der Waals surface area contributed by atoms with Crippen molar-refractivity contribution in [3.8, 4) is 5.75 Å². The van der Waals surface area contributed by atoms with Crippen molar-refractivity contribution in [2.75, 3.05) is 7.11 Å². The zero-order valence-electron chi connectivity index (χ0n) is 9.71. The number of pyridine rings is 1. The number of hydrogen-bond donors (Lipinski definition) is 1. The van der Waals surface area contributed by atoms with E-state index in [1.165, 1.54) is 11.8 Å². The largest absolute Gasteiger partial charge is 0.494 e. The molecule has 0 spiro atoms. The Morgan fingerprint density at radius 3 is 2.94 bits per heavy atom. The predicted molar refractivity (Wildman–Crippen MR) is 68.7 cm³/mol. The summed E-state index contributed by atoms with van der Waals surface area (Å²) < 4.78 is 5.82. The molecule has 1 N–H and O–H groups in total. The van der Waals surface area contributed by atoms with Crippen LogP contribution < -0.4 is 4.74 Å². The van der Waals surface area contributed by atoms with Gasteiger partial charge >= 0.3 is 5.97 Å². The van der Waals surface area contributed by atoms with E-state index in [0.29, 0.717) is 20.8 Å². The number of aromatic carboxylic acids is 1. The summed E-state index contributed by atoms with van der Waals surface area (Å²) in [6.45, 7) is 1.68. The van der Waals surface area contributed by atoms with Crippen LogP contribution in [0.1, 0.15) is 15.4 Å². The predicted octanol–water partition coefficient (Wildman–Crippen LogP) is 2.70. The van der Waals surface area contributed by atoms with Crippen LogP contribution in [0.4, 0.5) is 0 Å². The van der Waals surface area contributed by atoms with Crippen molar-refractivity contribution >= 4 is 29.1 Å². The SMILES string of the molecule is COc1cccnc1Sc1nc(C)c(C(=O)O)s1. The van der Waals surface area contributed by atoms with E-state index in [1.54, 1.807) is 32.4 Å². The number of methoxy groups -OCH3 is 1. The van der Waals surface area contributed by atoms with Crippen LogP contribution >= 0.6 is 23.1 Å². The van der Waals surface area contributed by atoms with Gasteiger partial charge in [-0.15, -0.1) is 0 Å². The highest BCUT2D eigenvalue weighted by Crippen LogP contribution is 2.36. The molecule has 2 rings (SSSR count). The number of carboxylic acid groups (broad SMARTS) is 1. The third-order valence-corrected chi connectivity index (χ3v) is 4.32. The van der Waals surface area contributed by atoms with E-state index in [1.807, 2.05) is 0 Å². The second kappa shape index (κ2) is 5.36. The molecule has 94 valence electrons. The van der Waals surface area contributed by atoms with Gasteiger partial charge in [-0.1, -0.05) is 11.3 Å². The van der Waals surface area contributed by atoms with Crippen LogP contribution in [0.5, 0.6) is 5.75 Å². The highest BCUT2D eigenvalue weighted by atomic mass is 32.2. The maximum atomic E-state index is 10.9. The molecule has 2 aromatic rings. The number of thiazole rings is 1. The van der Waals surface area contributed by atoms with Crippen molar-refractivity contribution in [2.24, 2.45) is 0 Å². The van der Waals surface area contributed by atoms with Crippen molar-refractivity contribution in [1.82, 2.24) is 9.97 Å². The average Bonchev–Trinajstić information content (AvgIpc) is 2.71. The van der Waals surface area contributed by atoms with E-state index in [4.69, 9.17) is 9.84 Å². The molecule has 0 radical (unpaired) electrons. The number of ether oxygens (including phenoxy) is 1. The third-order valence-electron chi connectivity index (χ3n) is 2.11. The summed E-state index contributed by atoms with van der Waals surface area (Å²) in [5.74, 6) is -0.308. The van der Waals surface area contributed by atoms with Gasteiger partial charge in [-0.3, -0.25) is 0 Å². The summed E-state index contributed by atoms with van der Waals surface area (Å²) >= 11 is 2.44. The van der Waals surface area contributed by atoms with Crippen LogP contribution in [0.2, 0.25) is 0 Å². The van der Waals surface area contributed by atoms with Gasteiger partial charge in [-0.25, -0.2) is 14.8 Å². The lowest BCUT2D eigenvalue weighted by Gasteiger charge is -2.03. The van der Waals surface area contributed by atoms with Crippen molar-refractivity contribution in [3.63, 3.8) is 0 Å². The maximum Gasteiger partial charge on any atom is 0.347 e. The molecule has 2 heterocycles. The van der Waals surface area contributed by atoms with Crippen molar-refractivity contribution in [3.05, 3.63) is 28.9 Å². The van der Waals surface area contributed by atoms with Gasteiger partial charge in [-0.2, -0.15) is 0 Å². The summed E-state index contributed by atoms with van der Waals surface area (Å²) in [6.07, 6.45) is 1.66.